The van der Waals surface area contributed by atoms with Gasteiger partial charge in [-0.25, -0.2) is 4.39 Å². The van der Waals surface area contributed by atoms with E-state index in [2.05, 4.69) is 0 Å². The molecular weight excluding hydrogens is 349 g/mol. The van der Waals surface area contributed by atoms with Crippen molar-refractivity contribution in [2.45, 2.75) is 0 Å². The van der Waals surface area contributed by atoms with E-state index >= 15 is 0 Å². The third-order valence-electron chi connectivity index (χ3n) is 4.13. The Morgan fingerprint density at radius 1 is 1.12 bits per heavy atom. The summed E-state index contributed by atoms with van der Waals surface area (Å²) in [5.74, 6) is -1.01. The number of hydrogen-bond acceptors (Lipinski definition) is 4. The molecular formula is C17H15ClFN3O3. The largest absolute Gasteiger partial charge is 0.368 e. The fraction of sp³-hybridized carbons (Fsp3) is 0.235. The van der Waals surface area contributed by atoms with Gasteiger partial charge in [0.25, 0.3) is 11.6 Å². The Hall–Kier alpha value is -2.67. The van der Waals surface area contributed by atoms with Crippen molar-refractivity contribution in [3.63, 3.8) is 0 Å². The number of rotatable bonds is 3. The fourth-order valence-electron chi connectivity index (χ4n) is 2.80. The van der Waals surface area contributed by atoms with Gasteiger partial charge >= 0.3 is 0 Å². The summed E-state index contributed by atoms with van der Waals surface area (Å²) in [6, 6.07) is 10.3. The lowest BCUT2D eigenvalue weighted by molar-refractivity contribution is -0.384. The summed E-state index contributed by atoms with van der Waals surface area (Å²) in [5, 5.41) is 11.2. The standard InChI is InChI=1S/C17H15ClFN3O3/c18-12-4-5-16(19)15(10-12)17(23)21-8-6-20(7-9-21)13-2-1-3-14(11-13)22(24)25/h1-5,10-11H,6-9H2. The van der Waals surface area contributed by atoms with E-state index in [0.717, 1.165) is 5.69 Å². The number of amides is 1. The van der Waals surface area contributed by atoms with Gasteiger partial charge in [0.2, 0.25) is 0 Å². The number of hydrogen-bond donors (Lipinski definition) is 0. The monoisotopic (exact) mass is 363 g/mol. The lowest BCUT2D eigenvalue weighted by Crippen LogP contribution is -2.49. The molecule has 1 fully saturated rings. The number of benzene rings is 2. The van der Waals surface area contributed by atoms with Crippen molar-refractivity contribution in [3.05, 3.63) is 69.0 Å². The smallest absolute Gasteiger partial charge is 0.271 e. The summed E-state index contributed by atoms with van der Waals surface area (Å²) in [4.78, 5) is 26.4. The van der Waals surface area contributed by atoms with Crippen LogP contribution in [0.15, 0.2) is 42.5 Å². The molecule has 0 aliphatic carbocycles. The maximum atomic E-state index is 13.9. The summed E-state index contributed by atoms with van der Waals surface area (Å²) in [6.45, 7) is 1.81. The van der Waals surface area contributed by atoms with Crippen molar-refractivity contribution in [3.8, 4) is 0 Å². The molecule has 1 amide bonds. The second-order valence-corrected chi connectivity index (χ2v) is 6.12. The average molecular weight is 364 g/mol. The number of nitrogens with zero attached hydrogens (tertiary/aromatic N) is 3. The predicted molar refractivity (Wildman–Crippen MR) is 92.6 cm³/mol. The third kappa shape index (κ3) is 3.71. The van der Waals surface area contributed by atoms with Crippen LogP contribution in [0.4, 0.5) is 15.8 Å². The van der Waals surface area contributed by atoms with E-state index in [9.17, 15) is 19.3 Å². The van der Waals surface area contributed by atoms with Crippen LogP contribution in [0.25, 0.3) is 0 Å². The first-order chi connectivity index (χ1) is 12.0. The molecule has 0 spiro atoms. The molecule has 0 atom stereocenters. The van der Waals surface area contributed by atoms with Crippen molar-refractivity contribution in [2.24, 2.45) is 0 Å². The summed E-state index contributed by atoms with van der Waals surface area (Å²) in [7, 11) is 0. The topological polar surface area (TPSA) is 66.7 Å². The molecule has 6 nitrogen and oxygen atoms in total. The molecule has 1 aliphatic heterocycles. The Bertz CT molecular complexity index is 823. The van der Waals surface area contributed by atoms with Crippen LogP contribution in [0.3, 0.4) is 0 Å². The van der Waals surface area contributed by atoms with Crippen LogP contribution in [0.5, 0.6) is 0 Å². The van der Waals surface area contributed by atoms with Crippen molar-refractivity contribution in [2.75, 3.05) is 31.1 Å². The van der Waals surface area contributed by atoms with Gasteiger partial charge in [0.1, 0.15) is 5.82 Å². The van der Waals surface area contributed by atoms with Gasteiger partial charge < -0.3 is 9.80 Å². The number of nitro groups is 1. The van der Waals surface area contributed by atoms with Gasteiger partial charge in [-0.3, -0.25) is 14.9 Å². The number of non-ortho nitro benzene ring substituents is 1. The number of carbonyl (C=O) groups excluding carboxylic acids is 1. The van der Waals surface area contributed by atoms with Crippen LogP contribution in [0.1, 0.15) is 10.4 Å². The zero-order chi connectivity index (χ0) is 18.0. The van der Waals surface area contributed by atoms with Crippen LogP contribution in [-0.4, -0.2) is 41.9 Å². The van der Waals surface area contributed by atoms with Crippen molar-refractivity contribution >= 4 is 28.9 Å². The number of nitro benzene ring substituents is 1. The fourth-order valence-corrected chi connectivity index (χ4v) is 2.97. The second-order valence-electron chi connectivity index (χ2n) is 5.68. The first kappa shape index (κ1) is 17.2. The van der Waals surface area contributed by atoms with Crippen LogP contribution in [0, 0.1) is 15.9 Å². The van der Waals surface area contributed by atoms with E-state index in [1.54, 1.807) is 17.0 Å². The minimum atomic E-state index is -0.601. The number of anilines is 1. The third-order valence-corrected chi connectivity index (χ3v) is 4.37. The molecule has 8 heteroatoms. The van der Waals surface area contributed by atoms with E-state index in [4.69, 9.17) is 11.6 Å². The van der Waals surface area contributed by atoms with E-state index in [-0.39, 0.29) is 11.3 Å². The van der Waals surface area contributed by atoms with E-state index in [0.29, 0.717) is 31.2 Å². The van der Waals surface area contributed by atoms with Gasteiger partial charge in [-0.1, -0.05) is 17.7 Å². The van der Waals surface area contributed by atoms with Crippen LogP contribution in [-0.2, 0) is 0 Å². The van der Waals surface area contributed by atoms with Gasteiger partial charge in [0.15, 0.2) is 0 Å². The van der Waals surface area contributed by atoms with Crippen molar-refractivity contribution in [1.82, 2.24) is 4.90 Å². The van der Waals surface area contributed by atoms with Gasteiger partial charge in [0, 0.05) is 49.0 Å². The molecule has 2 aromatic carbocycles. The molecule has 1 saturated heterocycles. The molecule has 2 aromatic rings. The molecule has 130 valence electrons. The second kappa shape index (κ2) is 7.06. The SMILES string of the molecule is O=C(c1cc(Cl)ccc1F)N1CCN(c2cccc([N+](=O)[O-])c2)CC1. The van der Waals surface area contributed by atoms with Crippen LogP contribution >= 0.6 is 11.6 Å². The van der Waals surface area contributed by atoms with Crippen LogP contribution in [0.2, 0.25) is 5.02 Å². The zero-order valence-corrected chi connectivity index (χ0v) is 13.9. The van der Waals surface area contributed by atoms with Crippen molar-refractivity contribution < 1.29 is 14.1 Å². The lowest BCUT2D eigenvalue weighted by Gasteiger charge is -2.36. The zero-order valence-electron chi connectivity index (χ0n) is 13.2. The maximum absolute atomic E-state index is 13.9. The molecule has 3 rings (SSSR count). The molecule has 0 bridgehead atoms. The highest BCUT2D eigenvalue weighted by molar-refractivity contribution is 6.31. The quantitative estimate of drug-likeness (QED) is 0.619. The molecule has 0 radical (unpaired) electrons. The van der Waals surface area contributed by atoms with Gasteiger partial charge in [0.05, 0.1) is 10.5 Å². The minimum absolute atomic E-state index is 0.0250. The molecule has 0 aromatic heterocycles. The van der Waals surface area contributed by atoms with E-state index < -0.39 is 16.6 Å². The number of carbonyl (C=O) groups is 1. The number of piperazine rings is 1. The first-order valence-electron chi connectivity index (χ1n) is 7.69. The Labute approximate surface area is 148 Å². The van der Waals surface area contributed by atoms with Crippen LogP contribution < -0.4 is 4.90 Å². The maximum Gasteiger partial charge on any atom is 0.271 e. The Balaban J connectivity index is 1.69. The average Bonchev–Trinajstić information content (AvgIpc) is 2.63. The minimum Gasteiger partial charge on any atom is -0.368 e. The molecule has 0 N–H and O–H groups in total. The summed E-state index contributed by atoms with van der Waals surface area (Å²) >= 11 is 5.84. The Morgan fingerprint density at radius 3 is 2.52 bits per heavy atom. The van der Waals surface area contributed by atoms with Crippen molar-refractivity contribution in [1.29, 1.82) is 0 Å². The number of halogens is 2. The highest BCUT2D eigenvalue weighted by Crippen LogP contribution is 2.23. The summed E-state index contributed by atoms with van der Waals surface area (Å²) in [6.07, 6.45) is 0. The predicted octanol–water partition coefficient (Wildman–Crippen LogP) is 3.35. The molecule has 0 saturated carbocycles. The highest BCUT2D eigenvalue weighted by Gasteiger charge is 2.25. The molecule has 25 heavy (non-hydrogen) atoms. The molecule has 0 unspecified atom stereocenters. The summed E-state index contributed by atoms with van der Waals surface area (Å²) in [5.41, 5.74) is 0.712. The lowest BCUT2D eigenvalue weighted by atomic mass is 10.1. The molecule has 1 heterocycles. The van der Waals surface area contributed by atoms with Gasteiger partial charge in [-0.05, 0) is 24.3 Å². The Kier molecular flexibility index (Phi) is 4.85. The van der Waals surface area contributed by atoms with Gasteiger partial charge in [-0.15, -0.1) is 0 Å². The Morgan fingerprint density at radius 2 is 1.84 bits per heavy atom. The van der Waals surface area contributed by atoms with E-state index in [1.165, 1.54) is 30.3 Å². The summed E-state index contributed by atoms with van der Waals surface area (Å²) < 4.78 is 13.9. The normalized spacial score (nSPS) is 14.5. The van der Waals surface area contributed by atoms with E-state index in [1.807, 2.05) is 4.90 Å². The first-order valence-corrected chi connectivity index (χ1v) is 8.07. The highest BCUT2D eigenvalue weighted by atomic mass is 35.5. The molecule has 1 aliphatic rings. The van der Waals surface area contributed by atoms with Gasteiger partial charge in [-0.2, -0.15) is 0 Å².